The Balaban J connectivity index is 1.36. The average Bonchev–Trinajstić information content (AvgIpc) is 3.28. The monoisotopic (exact) mass is 435 g/mol. The summed E-state index contributed by atoms with van der Waals surface area (Å²) in [5.74, 6) is 0. The molecule has 1 heterocycles. The number of thiazole rings is 1. The van der Waals surface area contributed by atoms with E-state index in [4.69, 9.17) is 4.98 Å². The van der Waals surface area contributed by atoms with Gasteiger partial charge in [0.1, 0.15) is 5.01 Å². The van der Waals surface area contributed by atoms with Gasteiger partial charge in [-0.1, -0.05) is 84.9 Å². The number of para-hydroxylation sites is 1. The van der Waals surface area contributed by atoms with Crippen LogP contribution >= 0.6 is 11.3 Å². The summed E-state index contributed by atoms with van der Waals surface area (Å²) in [6.45, 7) is 0. The van der Waals surface area contributed by atoms with Crippen LogP contribution in [0.4, 0.5) is 10.5 Å². The van der Waals surface area contributed by atoms with Gasteiger partial charge in [0, 0.05) is 11.3 Å². The molecule has 0 aliphatic heterocycles. The fourth-order valence-electron chi connectivity index (χ4n) is 3.67. The van der Waals surface area contributed by atoms with Crippen LogP contribution in [0.2, 0.25) is 0 Å². The minimum Gasteiger partial charge on any atom is -0.327 e. The summed E-state index contributed by atoms with van der Waals surface area (Å²) in [7, 11) is 0. The Hall–Kier alpha value is -3.96. The molecule has 5 rings (SSSR count). The van der Waals surface area contributed by atoms with Crippen molar-refractivity contribution >= 4 is 33.3 Å². The maximum absolute atomic E-state index is 12.9. The van der Waals surface area contributed by atoms with E-state index in [1.165, 1.54) is 0 Å². The van der Waals surface area contributed by atoms with Gasteiger partial charge in [0.25, 0.3) is 0 Å². The molecule has 5 aromatic rings. The molecule has 0 radical (unpaired) electrons. The number of hydrogen-bond donors (Lipinski definition) is 2. The number of nitrogens with zero attached hydrogens (tertiary/aromatic N) is 1. The van der Waals surface area contributed by atoms with Gasteiger partial charge in [-0.3, -0.25) is 0 Å². The lowest BCUT2D eigenvalue weighted by Gasteiger charge is -2.20. The molecule has 32 heavy (non-hydrogen) atoms. The second-order valence-electron chi connectivity index (χ2n) is 7.42. The summed E-state index contributed by atoms with van der Waals surface area (Å²) in [6, 6.07) is 35.3. The van der Waals surface area contributed by atoms with Crippen molar-refractivity contribution in [2.75, 3.05) is 5.32 Å². The average molecular weight is 436 g/mol. The van der Waals surface area contributed by atoms with Crippen LogP contribution in [0.25, 0.3) is 20.8 Å². The highest BCUT2D eigenvalue weighted by Crippen LogP contribution is 2.31. The molecule has 0 fully saturated rings. The maximum atomic E-state index is 12.9. The van der Waals surface area contributed by atoms with Gasteiger partial charge in [-0.15, -0.1) is 11.3 Å². The highest BCUT2D eigenvalue weighted by molar-refractivity contribution is 7.21. The SMILES string of the molecule is O=C(Nc1cccc(-c2nc3ccccc3s2)c1)NC(c1ccccc1)c1ccccc1. The predicted molar refractivity (Wildman–Crippen MR) is 132 cm³/mol. The van der Waals surface area contributed by atoms with Crippen LogP contribution in [0.15, 0.2) is 109 Å². The van der Waals surface area contributed by atoms with Crippen LogP contribution in [0, 0.1) is 0 Å². The molecule has 2 amide bonds. The second-order valence-corrected chi connectivity index (χ2v) is 8.45. The van der Waals surface area contributed by atoms with Gasteiger partial charge >= 0.3 is 6.03 Å². The first-order chi connectivity index (χ1) is 15.8. The molecular weight excluding hydrogens is 414 g/mol. The molecule has 1 aromatic heterocycles. The van der Waals surface area contributed by atoms with Crippen molar-refractivity contribution in [3.8, 4) is 10.6 Å². The van der Waals surface area contributed by atoms with Gasteiger partial charge in [-0.25, -0.2) is 9.78 Å². The molecule has 0 aliphatic rings. The Morgan fingerprint density at radius 3 is 2.09 bits per heavy atom. The lowest BCUT2D eigenvalue weighted by molar-refractivity contribution is 0.250. The first kappa shape index (κ1) is 20.0. The largest absolute Gasteiger partial charge is 0.327 e. The van der Waals surface area contributed by atoms with Crippen molar-refractivity contribution in [2.45, 2.75) is 6.04 Å². The minimum atomic E-state index is -0.260. The number of amides is 2. The van der Waals surface area contributed by atoms with Crippen molar-refractivity contribution in [3.63, 3.8) is 0 Å². The summed E-state index contributed by atoms with van der Waals surface area (Å²) in [5, 5.41) is 7.03. The highest BCUT2D eigenvalue weighted by Gasteiger charge is 2.17. The quantitative estimate of drug-likeness (QED) is 0.316. The minimum absolute atomic E-state index is 0.246. The zero-order valence-electron chi connectivity index (χ0n) is 17.2. The molecule has 156 valence electrons. The van der Waals surface area contributed by atoms with Crippen LogP contribution in [0.5, 0.6) is 0 Å². The van der Waals surface area contributed by atoms with Crippen molar-refractivity contribution < 1.29 is 4.79 Å². The second kappa shape index (κ2) is 9.04. The van der Waals surface area contributed by atoms with E-state index in [9.17, 15) is 4.79 Å². The Labute approximate surface area is 190 Å². The Bertz CT molecular complexity index is 1280. The number of urea groups is 1. The van der Waals surface area contributed by atoms with Crippen molar-refractivity contribution in [1.29, 1.82) is 0 Å². The standard InChI is InChI=1S/C27H21N3OS/c31-27(30-25(19-10-3-1-4-11-19)20-12-5-2-6-13-20)28-22-15-9-14-21(18-22)26-29-23-16-7-8-17-24(23)32-26/h1-18,25H,(H2,28,30,31). The number of rotatable bonds is 5. The zero-order chi connectivity index (χ0) is 21.8. The Morgan fingerprint density at radius 2 is 1.41 bits per heavy atom. The third kappa shape index (κ3) is 4.38. The molecule has 0 unspecified atom stereocenters. The topological polar surface area (TPSA) is 54.0 Å². The number of hydrogen-bond acceptors (Lipinski definition) is 3. The molecular formula is C27H21N3OS. The van der Waals surface area contributed by atoms with Crippen molar-refractivity contribution in [1.82, 2.24) is 10.3 Å². The molecule has 0 saturated carbocycles. The number of carbonyl (C=O) groups is 1. The zero-order valence-corrected chi connectivity index (χ0v) is 18.0. The normalized spacial score (nSPS) is 10.9. The van der Waals surface area contributed by atoms with Gasteiger partial charge in [-0.05, 0) is 35.4 Å². The Kier molecular flexibility index (Phi) is 5.64. The summed E-state index contributed by atoms with van der Waals surface area (Å²) in [4.78, 5) is 17.6. The number of nitrogens with one attached hydrogen (secondary N) is 2. The number of fused-ring (bicyclic) bond motifs is 1. The summed E-state index contributed by atoms with van der Waals surface area (Å²) < 4.78 is 1.15. The van der Waals surface area contributed by atoms with Crippen LogP contribution in [0.1, 0.15) is 17.2 Å². The Morgan fingerprint density at radius 1 is 0.750 bits per heavy atom. The van der Waals surface area contributed by atoms with E-state index in [1.54, 1.807) is 11.3 Å². The number of anilines is 1. The van der Waals surface area contributed by atoms with Gasteiger partial charge in [0.15, 0.2) is 0 Å². The first-order valence-electron chi connectivity index (χ1n) is 10.4. The smallest absolute Gasteiger partial charge is 0.319 e. The summed E-state index contributed by atoms with van der Waals surface area (Å²) in [5.41, 5.74) is 4.73. The molecule has 0 saturated heterocycles. The van der Waals surface area contributed by atoms with E-state index >= 15 is 0 Å². The molecule has 4 aromatic carbocycles. The molecule has 4 nitrogen and oxygen atoms in total. The van der Waals surface area contributed by atoms with E-state index in [0.717, 1.165) is 37.6 Å². The van der Waals surface area contributed by atoms with Gasteiger partial charge < -0.3 is 10.6 Å². The van der Waals surface area contributed by atoms with Crippen molar-refractivity contribution in [2.24, 2.45) is 0 Å². The number of benzene rings is 4. The number of carbonyl (C=O) groups excluding carboxylic acids is 1. The van der Waals surface area contributed by atoms with Crippen LogP contribution in [-0.4, -0.2) is 11.0 Å². The molecule has 0 aliphatic carbocycles. The molecule has 5 heteroatoms. The third-order valence-corrected chi connectivity index (χ3v) is 6.29. The van der Waals surface area contributed by atoms with E-state index in [1.807, 2.05) is 103 Å². The maximum Gasteiger partial charge on any atom is 0.319 e. The van der Waals surface area contributed by atoms with Crippen LogP contribution < -0.4 is 10.6 Å². The van der Waals surface area contributed by atoms with Crippen LogP contribution in [-0.2, 0) is 0 Å². The first-order valence-corrected chi connectivity index (χ1v) is 11.2. The third-order valence-electron chi connectivity index (χ3n) is 5.20. The van der Waals surface area contributed by atoms with E-state index in [2.05, 4.69) is 16.7 Å². The molecule has 0 atom stereocenters. The van der Waals surface area contributed by atoms with Gasteiger partial charge in [-0.2, -0.15) is 0 Å². The summed E-state index contributed by atoms with van der Waals surface area (Å²) in [6.07, 6.45) is 0. The number of aromatic nitrogens is 1. The van der Waals surface area contributed by atoms with Crippen molar-refractivity contribution in [3.05, 3.63) is 120 Å². The molecule has 0 bridgehead atoms. The fraction of sp³-hybridized carbons (Fsp3) is 0.0370. The van der Waals surface area contributed by atoms with E-state index in [0.29, 0.717) is 0 Å². The van der Waals surface area contributed by atoms with Gasteiger partial charge in [0.2, 0.25) is 0 Å². The van der Waals surface area contributed by atoms with E-state index < -0.39 is 0 Å². The van der Waals surface area contributed by atoms with Gasteiger partial charge in [0.05, 0.1) is 16.3 Å². The highest BCUT2D eigenvalue weighted by atomic mass is 32.1. The molecule has 2 N–H and O–H groups in total. The van der Waals surface area contributed by atoms with E-state index in [-0.39, 0.29) is 12.1 Å². The van der Waals surface area contributed by atoms with Crippen LogP contribution in [0.3, 0.4) is 0 Å². The predicted octanol–water partition coefficient (Wildman–Crippen LogP) is 6.87. The molecule has 0 spiro atoms. The lowest BCUT2D eigenvalue weighted by atomic mass is 9.99. The lowest BCUT2D eigenvalue weighted by Crippen LogP contribution is -2.33. The fourth-order valence-corrected chi connectivity index (χ4v) is 4.64. The summed E-state index contributed by atoms with van der Waals surface area (Å²) >= 11 is 1.64.